The summed E-state index contributed by atoms with van der Waals surface area (Å²) in [5.41, 5.74) is 0.958. The molecule has 1 unspecified atom stereocenters. The van der Waals surface area contributed by atoms with E-state index in [1.807, 2.05) is 6.07 Å². The first-order chi connectivity index (χ1) is 12.7. The van der Waals surface area contributed by atoms with Gasteiger partial charge in [0.15, 0.2) is 17.5 Å². The molecular weight excluding hydrogens is 328 g/mol. The van der Waals surface area contributed by atoms with Gasteiger partial charge in [0.25, 0.3) is 0 Å². The number of aromatic hydroxyl groups is 1. The molecule has 6 nitrogen and oxygen atoms in total. The highest BCUT2D eigenvalue weighted by Crippen LogP contribution is 2.27. The van der Waals surface area contributed by atoms with Crippen LogP contribution in [0.5, 0.6) is 11.5 Å². The van der Waals surface area contributed by atoms with Crippen LogP contribution in [0.4, 0.5) is 0 Å². The lowest BCUT2D eigenvalue weighted by Crippen LogP contribution is -2.45. The van der Waals surface area contributed by atoms with Crippen molar-refractivity contribution in [2.24, 2.45) is 4.99 Å². The molecule has 1 aromatic rings. The summed E-state index contributed by atoms with van der Waals surface area (Å²) in [7, 11) is 1.55. The van der Waals surface area contributed by atoms with E-state index < -0.39 is 0 Å². The molecule has 2 fully saturated rings. The number of benzene rings is 1. The number of hydrogen-bond acceptors (Lipinski definition) is 4. The Morgan fingerprint density at radius 1 is 1.31 bits per heavy atom. The molecule has 1 aromatic carbocycles. The second-order valence-corrected chi connectivity index (χ2v) is 7.26. The number of ether oxygens (including phenoxy) is 1. The van der Waals surface area contributed by atoms with Gasteiger partial charge in [0, 0.05) is 31.7 Å². The Bertz CT molecular complexity index is 614. The third-order valence-corrected chi connectivity index (χ3v) is 5.41. The Hall–Kier alpha value is -1.95. The highest BCUT2D eigenvalue weighted by Gasteiger charge is 2.30. The first-order valence-electron chi connectivity index (χ1n) is 9.84. The molecule has 1 aliphatic carbocycles. The first-order valence-corrected chi connectivity index (χ1v) is 9.84. The average Bonchev–Trinajstić information content (AvgIpc) is 3.31. The number of phenolic OH excluding ortho intramolecular Hbond substituents is 1. The van der Waals surface area contributed by atoms with E-state index in [-0.39, 0.29) is 5.75 Å². The number of rotatable bonds is 6. The monoisotopic (exact) mass is 360 g/mol. The van der Waals surface area contributed by atoms with Gasteiger partial charge in [-0.05, 0) is 43.9 Å². The number of aliphatic imine (C=N–C) groups is 1. The van der Waals surface area contributed by atoms with Gasteiger partial charge < -0.3 is 20.5 Å². The lowest BCUT2D eigenvalue weighted by molar-refractivity contribution is 0.242. The first kappa shape index (κ1) is 18.8. The number of guanidine groups is 1. The van der Waals surface area contributed by atoms with Crippen molar-refractivity contribution in [1.29, 1.82) is 0 Å². The van der Waals surface area contributed by atoms with E-state index in [0.29, 0.717) is 18.3 Å². The van der Waals surface area contributed by atoms with Crippen molar-refractivity contribution in [2.45, 2.75) is 57.7 Å². The van der Waals surface area contributed by atoms with Gasteiger partial charge in [0.1, 0.15) is 0 Å². The normalized spacial score (nSPS) is 21.9. The van der Waals surface area contributed by atoms with E-state index in [1.165, 1.54) is 38.6 Å². The van der Waals surface area contributed by atoms with Gasteiger partial charge in [-0.3, -0.25) is 4.90 Å². The van der Waals surface area contributed by atoms with Crippen LogP contribution in [-0.4, -0.2) is 54.8 Å². The minimum atomic E-state index is 0.154. The molecule has 3 rings (SSSR count). The number of nitrogens with zero attached hydrogens (tertiary/aromatic N) is 2. The fraction of sp³-hybridized carbons (Fsp3) is 0.650. The fourth-order valence-electron chi connectivity index (χ4n) is 4.02. The predicted octanol–water partition coefficient (Wildman–Crippen LogP) is 2.47. The summed E-state index contributed by atoms with van der Waals surface area (Å²) < 4.78 is 5.09. The molecular formula is C20H32N4O2. The van der Waals surface area contributed by atoms with Crippen molar-refractivity contribution in [1.82, 2.24) is 15.5 Å². The molecule has 2 aliphatic rings. The zero-order valence-electron chi connectivity index (χ0n) is 16.0. The summed E-state index contributed by atoms with van der Waals surface area (Å²) in [6.07, 6.45) is 6.67. The highest BCUT2D eigenvalue weighted by atomic mass is 16.5. The van der Waals surface area contributed by atoms with Crippen LogP contribution in [0.15, 0.2) is 23.2 Å². The predicted molar refractivity (Wildman–Crippen MR) is 105 cm³/mol. The lowest BCUT2D eigenvalue weighted by Gasteiger charge is -2.24. The van der Waals surface area contributed by atoms with Crippen molar-refractivity contribution >= 4 is 5.96 Å². The highest BCUT2D eigenvalue weighted by molar-refractivity contribution is 5.80. The van der Waals surface area contributed by atoms with Gasteiger partial charge in [-0.15, -0.1) is 0 Å². The summed E-state index contributed by atoms with van der Waals surface area (Å²) in [5.74, 6) is 1.49. The van der Waals surface area contributed by atoms with Crippen molar-refractivity contribution in [3.63, 3.8) is 0 Å². The van der Waals surface area contributed by atoms with Gasteiger partial charge in [-0.2, -0.15) is 0 Å². The standard InChI is InChI=1S/C20H32N4O2/c1-3-21-20(22-13-15-8-9-19(26-2)18(25)12-15)23-16-10-11-24(14-16)17-6-4-5-7-17/h8-9,12,16-17,25H,3-7,10-11,13-14H2,1-2H3,(H2,21,22,23). The second-order valence-electron chi connectivity index (χ2n) is 7.26. The van der Waals surface area contributed by atoms with Crippen LogP contribution in [0.25, 0.3) is 0 Å². The topological polar surface area (TPSA) is 69.1 Å². The molecule has 6 heteroatoms. The summed E-state index contributed by atoms with van der Waals surface area (Å²) >= 11 is 0. The van der Waals surface area contributed by atoms with E-state index in [1.54, 1.807) is 19.2 Å². The van der Waals surface area contributed by atoms with Crippen LogP contribution >= 0.6 is 0 Å². The van der Waals surface area contributed by atoms with Gasteiger partial charge in [0.05, 0.1) is 13.7 Å². The van der Waals surface area contributed by atoms with Crippen LogP contribution in [-0.2, 0) is 6.54 Å². The van der Waals surface area contributed by atoms with Gasteiger partial charge in [0.2, 0.25) is 0 Å². The summed E-state index contributed by atoms with van der Waals surface area (Å²) in [6, 6.07) is 6.67. The van der Waals surface area contributed by atoms with Crippen molar-refractivity contribution in [3.05, 3.63) is 23.8 Å². The summed E-state index contributed by atoms with van der Waals surface area (Å²) in [5, 5.41) is 16.8. The minimum absolute atomic E-state index is 0.154. The molecule has 3 N–H and O–H groups in total. The maximum absolute atomic E-state index is 9.91. The maximum atomic E-state index is 9.91. The average molecular weight is 361 g/mol. The van der Waals surface area contributed by atoms with Gasteiger partial charge >= 0.3 is 0 Å². The van der Waals surface area contributed by atoms with Crippen LogP contribution < -0.4 is 15.4 Å². The number of likely N-dealkylation sites (tertiary alicyclic amines) is 1. The Morgan fingerprint density at radius 2 is 2.12 bits per heavy atom. The molecule has 1 aliphatic heterocycles. The molecule has 0 amide bonds. The smallest absolute Gasteiger partial charge is 0.191 e. The molecule has 26 heavy (non-hydrogen) atoms. The largest absolute Gasteiger partial charge is 0.504 e. The Labute approximate surface area is 156 Å². The number of hydrogen-bond donors (Lipinski definition) is 3. The fourth-order valence-corrected chi connectivity index (χ4v) is 4.02. The SMILES string of the molecule is CCNC(=NCc1ccc(OC)c(O)c1)NC1CCN(C2CCCC2)C1. The van der Waals surface area contributed by atoms with E-state index in [2.05, 4.69) is 22.5 Å². The molecule has 144 valence electrons. The van der Waals surface area contributed by atoms with E-state index in [0.717, 1.165) is 30.7 Å². The Kier molecular flexibility index (Phi) is 6.61. The lowest BCUT2D eigenvalue weighted by atomic mass is 10.2. The van der Waals surface area contributed by atoms with Crippen molar-refractivity contribution in [3.8, 4) is 11.5 Å². The van der Waals surface area contributed by atoms with E-state index in [4.69, 9.17) is 9.73 Å². The van der Waals surface area contributed by atoms with Crippen LogP contribution in [0.1, 0.15) is 44.6 Å². The second kappa shape index (κ2) is 9.12. The van der Waals surface area contributed by atoms with Gasteiger partial charge in [-0.1, -0.05) is 18.9 Å². The molecule has 1 heterocycles. The molecule has 0 aromatic heterocycles. The van der Waals surface area contributed by atoms with Crippen LogP contribution in [0.2, 0.25) is 0 Å². The number of phenols is 1. The third kappa shape index (κ3) is 4.81. The molecule has 1 atom stereocenters. The Balaban J connectivity index is 1.56. The third-order valence-electron chi connectivity index (χ3n) is 5.41. The quantitative estimate of drug-likeness (QED) is 0.537. The number of nitrogens with one attached hydrogen (secondary N) is 2. The molecule has 1 saturated heterocycles. The van der Waals surface area contributed by atoms with Crippen molar-refractivity contribution in [2.75, 3.05) is 26.7 Å². The Morgan fingerprint density at radius 3 is 2.81 bits per heavy atom. The molecule has 0 bridgehead atoms. The summed E-state index contributed by atoms with van der Waals surface area (Å²) in [6.45, 7) is 5.73. The molecule has 0 radical (unpaired) electrons. The minimum Gasteiger partial charge on any atom is -0.504 e. The maximum Gasteiger partial charge on any atom is 0.191 e. The summed E-state index contributed by atoms with van der Waals surface area (Å²) in [4.78, 5) is 7.34. The van der Waals surface area contributed by atoms with E-state index in [9.17, 15) is 5.11 Å². The van der Waals surface area contributed by atoms with E-state index >= 15 is 0 Å². The zero-order valence-corrected chi connectivity index (χ0v) is 16.0. The number of methoxy groups -OCH3 is 1. The zero-order chi connectivity index (χ0) is 18.4. The van der Waals surface area contributed by atoms with Gasteiger partial charge in [-0.25, -0.2) is 4.99 Å². The molecule has 0 spiro atoms. The molecule has 1 saturated carbocycles. The van der Waals surface area contributed by atoms with Crippen molar-refractivity contribution < 1.29 is 9.84 Å². The van der Waals surface area contributed by atoms with Crippen LogP contribution in [0.3, 0.4) is 0 Å². The van der Waals surface area contributed by atoms with Crippen LogP contribution in [0, 0.1) is 0 Å².